The Labute approximate surface area is 321 Å². The SMILES string of the molecule is Cc1ccc(-c2c3nc(c(-c4ccc(C)cc4)c4ccc([nH]4)c(-c4ccc(C)cc4)c4nc(c(CCCCCCP(=O)(O)O)c5ccc2[nH]5)C=C4)C=C3)cc1. The van der Waals surface area contributed by atoms with Gasteiger partial charge in [-0.05, 0) is 105 Å². The van der Waals surface area contributed by atoms with Crippen LogP contribution >= 0.6 is 7.60 Å². The number of nitrogens with zero attached hydrogens (tertiary/aromatic N) is 2. The van der Waals surface area contributed by atoms with Crippen LogP contribution in [0.2, 0.25) is 0 Å². The minimum Gasteiger partial charge on any atom is -0.355 e. The topological polar surface area (TPSA) is 115 Å². The van der Waals surface area contributed by atoms with E-state index < -0.39 is 7.60 Å². The predicted molar refractivity (Wildman–Crippen MR) is 228 cm³/mol. The first-order valence-electron chi connectivity index (χ1n) is 19.0. The molecule has 3 aromatic heterocycles. The third-order valence-corrected chi connectivity index (χ3v) is 11.4. The summed E-state index contributed by atoms with van der Waals surface area (Å²) in [7, 11) is -4.00. The number of benzene rings is 3. The largest absolute Gasteiger partial charge is 0.355 e. The minimum absolute atomic E-state index is 0.0746. The summed E-state index contributed by atoms with van der Waals surface area (Å²) < 4.78 is 11.4. The molecule has 55 heavy (non-hydrogen) atoms. The smallest absolute Gasteiger partial charge is 0.325 e. The summed E-state index contributed by atoms with van der Waals surface area (Å²) >= 11 is 0. The van der Waals surface area contributed by atoms with Crippen LogP contribution in [-0.2, 0) is 11.0 Å². The maximum atomic E-state index is 11.4. The Morgan fingerprint density at radius 1 is 0.473 bits per heavy atom. The standard InChI is InChI=1S/C47H45N4O3P/c1-30-9-15-33(16-10-30)45-39-23-21-37(48-39)36(8-6-4-5-7-29-55(52,53)54)38-22-24-40(49-38)46(34-17-11-31(2)12-18-34)42-26-28-44(51-42)47(43-27-25-41(45)50-43)35-19-13-32(3)14-20-35/h9-28,48,51H,4-8,29H2,1-3H3,(H2,52,53,54). The molecule has 7 nitrogen and oxygen atoms in total. The van der Waals surface area contributed by atoms with E-state index in [1.54, 1.807) is 0 Å². The fourth-order valence-electron chi connectivity index (χ4n) is 7.57. The van der Waals surface area contributed by atoms with Crippen molar-refractivity contribution in [3.8, 4) is 33.4 Å². The van der Waals surface area contributed by atoms with Gasteiger partial charge in [0.15, 0.2) is 0 Å². The molecule has 8 heteroatoms. The average molecular weight is 745 g/mol. The van der Waals surface area contributed by atoms with Crippen LogP contribution in [-0.4, -0.2) is 35.9 Å². The van der Waals surface area contributed by atoms with Gasteiger partial charge in [-0.1, -0.05) is 102 Å². The second-order valence-corrected chi connectivity index (χ2v) is 16.5. The van der Waals surface area contributed by atoms with E-state index in [2.05, 4.69) is 152 Å². The third kappa shape index (κ3) is 7.97. The highest BCUT2D eigenvalue weighted by Gasteiger charge is 2.19. The summed E-state index contributed by atoms with van der Waals surface area (Å²) in [5.74, 6) is 0. The molecular formula is C47H45N4O3P. The van der Waals surface area contributed by atoms with Gasteiger partial charge in [0, 0.05) is 50.5 Å². The van der Waals surface area contributed by atoms with Gasteiger partial charge < -0.3 is 19.8 Å². The van der Waals surface area contributed by atoms with Crippen molar-refractivity contribution in [3.05, 3.63) is 142 Å². The summed E-state index contributed by atoms with van der Waals surface area (Å²) in [6.45, 7) is 6.31. The van der Waals surface area contributed by atoms with E-state index in [9.17, 15) is 14.4 Å². The first-order valence-corrected chi connectivity index (χ1v) is 20.8. The lowest BCUT2D eigenvalue weighted by molar-refractivity contribution is 0.370. The van der Waals surface area contributed by atoms with Crippen molar-refractivity contribution in [1.82, 2.24) is 19.9 Å². The predicted octanol–water partition coefficient (Wildman–Crippen LogP) is 11.9. The molecule has 0 radical (unpaired) electrons. The normalized spacial score (nSPS) is 12.5. The Hall–Kier alpha value is -5.59. The Morgan fingerprint density at radius 3 is 1.27 bits per heavy atom. The molecule has 276 valence electrons. The van der Waals surface area contributed by atoms with Crippen LogP contribution in [0.15, 0.2) is 97.1 Å². The first kappa shape index (κ1) is 36.4. The Kier molecular flexibility index (Phi) is 10.1. The monoisotopic (exact) mass is 744 g/mol. The zero-order valence-electron chi connectivity index (χ0n) is 31.4. The van der Waals surface area contributed by atoms with Crippen LogP contribution in [0.1, 0.15) is 70.7 Å². The summed E-state index contributed by atoms with van der Waals surface area (Å²) in [6, 6.07) is 34.4. The number of fused-ring (bicyclic) bond motifs is 8. The Bertz CT molecular complexity index is 2620. The number of hydrogen-bond donors (Lipinski definition) is 4. The maximum Gasteiger partial charge on any atom is 0.325 e. The molecule has 0 saturated heterocycles. The molecule has 0 atom stereocenters. The lowest BCUT2D eigenvalue weighted by atomic mass is 10.0. The summed E-state index contributed by atoms with van der Waals surface area (Å²) in [5, 5.41) is 0. The van der Waals surface area contributed by atoms with Gasteiger partial charge in [-0.25, -0.2) is 9.97 Å². The molecule has 0 unspecified atom stereocenters. The molecule has 0 saturated carbocycles. The fraction of sp³-hybridized carbons (Fsp3) is 0.191. The van der Waals surface area contributed by atoms with E-state index >= 15 is 0 Å². The number of hydrogen-bond acceptors (Lipinski definition) is 3. The lowest BCUT2D eigenvalue weighted by Crippen LogP contribution is -1.94. The molecular weight excluding hydrogens is 700 g/mol. The van der Waals surface area contributed by atoms with Gasteiger partial charge in [0.2, 0.25) is 0 Å². The summed E-state index contributed by atoms with van der Waals surface area (Å²) in [4.78, 5) is 37.1. The van der Waals surface area contributed by atoms with E-state index in [0.717, 1.165) is 109 Å². The van der Waals surface area contributed by atoms with Crippen LogP contribution in [0.3, 0.4) is 0 Å². The van der Waals surface area contributed by atoms with Crippen LogP contribution in [0.5, 0.6) is 0 Å². The Balaban J connectivity index is 1.42. The van der Waals surface area contributed by atoms with Crippen LogP contribution in [0.4, 0.5) is 0 Å². The Morgan fingerprint density at radius 2 is 0.836 bits per heavy atom. The second kappa shape index (κ2) is 15.3. The van der Waals surface area contributed by atoms with Gasteiger partial charge in [-0.2, -0.15) is 0 Å². The summed E-state index contributed by atoms with van der Waals surface area (Å²) in [6.07, 6.45) is 12.1. The molecule has 0 aliphatic carbocycles. The van der Waals surface area contributed by atoms with Gasteiger partial charge in [0.1, 0.15) is 0 Å². The summed E-state index contributed by atoms with van der Waals surface area (Å²) in [5.41, 5.74) is 18.4. The molecule has 0 fully saturated rings. The molecule has 0 amide bonds. The van der Waals surface area contributed by atoms with Crippen molar-refractivity contribution in [1.29, 1.82) is 0 Å². The number of unbranched alkanes of at least 4 members (excludes halogenated alkanes) is 3. The van der Waals surface area contributed by atoms with E-state index in [0.29, 0.717) is 6.42 Å². The molecule has 8 bridgehead atoms. The van der Waals surface area contributed by atoms with Crippen molar-refractivity contribution in [2.75, 3.05) is 6.16 Å². The molecule has 3 aromatic carbocycles. The number of aromatic nitrogens is 4. The number of aromatic amines is 2. The van der Waals surface area contributed by atoms with Crippen LogP contribution < -0.4 is 0 Å². The zero-order valence-corrected chi connectivity index (χ0v) is 32.3. The molecule has 8 rings (SSSR count). The van der Waals surface area contributed by atoms with Crippen LogP contribution in [0, 0.1) is 20.8 Å². The van der Waals surface area contributed by atoms with Gasteiger partial charge in [0.05, 0.1) is 22.8 Å². The molecule has 4 N–H and O–H groups in total. The third-order valence-electron chi connectivity index (χ3n) is 10.5. The number of nitrogens with one attached hydrogen (secondary N) is 2. The molecule has 0 spiro atoms. The van der Waals surface area contributed by atoms with E-state index in [1.807, 2.05) is 0 Å². The number of H-pyrrole nitrogens is 2. The van der Waals surface area contributed by atoms with E-state index in [-0.39, 0.29) is 6.16 Å². The van der Waals surface area contributed by atoms with E-state index in [1.165, 1.54) is 16.7 Å². The van der Waals surface area contributed by atoms with Crippen molar-refractivity contribution in [2.24, 2.45) is 0 Å². The van der Waals surface area contributed by atoms with Gasteiger partial charge in [0.25, 0.3) is 0 Å². The van der Waals surface area contributed by atoms with Crippen molar-refractivity contribution < 1.29 is 14.4 Å². The molecule has 2 aliphatic heterocycles. The molecule has 5 heterocycles. The maximum absolute atomic E-state index is 11.4. The average Bonchev–Trinajstić information content (AvgIpc) is 4.00. The van der Waals surface area contributed by atoms with Crippen molar-refractivity contribution >= 4 is 54.0 Å². The van der Waals surface area contributed by atoms with Gasteiger partial charge in [-0.3, -0.25) is 4.57 Å². The quantitative estimate of drug-likeness (QED) is 0.0822. The zero-order chi connectivity index (χ0) is 38.1. The lowest BCUT2D eigenvalue weighted by Gasteiger charge is -2.07. The highest BCUT2D eigenvalue weighted by Crippen LogP contribution is 2.38. The minimum atomic E-state index is -4.00. The van der Waals surface area contributed by atoms with Gasteiger partial charge >= 0.3 is 7.60 Å². The fourth-order valence-corrected chi connectivity index (χ4v) is 8.21. The number of rotatable bonds is 10. The van der Waals surface area contributed by atoms with Crippen molar-refractivity contribution in [3.63, 3.8) is 0 Å². The second-order valence-electron chi connectivity index (χ2n) is 14.8. The number of aryl methyl sites for hydroxylation is 4. The van der Waals surface area contributed by atoms with Crippen molar-refractivity contribution in [2.45, 2.75) is 52.9 Å². The first-order chi connectivity index (χ1) is 26.6. The highest BCUT2D eigenvalue weighted by atomic mass is 31.2. The molecule has 2 aliphatic rings. The van der Waals surface area contributed by atoms with Gasteiger partial charge in [-0.15, -0.1) is 0 Å². The van der Waals surface area contributed by atoms with Crippen LogP contribution in [0.25, 0.3) is 79.8 Å². The molecule has 6 aromatic rings. The highest BCUT2D eigenvalue weighted by molar-refractivity contribution is 7.51. The van der Waals surface area contributed by atoms with E-state index in [4.69, 9.17) is 9.97 Å².